The van der Waals surface area contributed by atoms with Crippen molar-refractivity contribution in [2.24, 2.45) is 5.73 Å². The summed E-state index contributed by atoms with van der Waals surface area (Å²) in [5, 5.41) is 11.4. The molecule has 6 nitrogen and oxygen atoms in total. The highest BCUT2D eigenvalue weighted by Crippen LogP contribution is 2.16. The van der Waals surface area contributed by atoms with Gasteiger partial charge in [0.1, 0.15) is 0 Å². The third-order valence-corrected chi connectivity index (χ3v) is 2.47. The molecule has 0 aromatic heterocycles. The largest absolute Gasteiger partial charge is 0.394 e. The average Bonchev–Trinajstić information content (AvgIpc) is 2.72. The molecule has 1 aliphatic heterocycles. The van der Waals surface area contributed by atoms with Crippen LogP contribution in [0.15, 0.2) is 0 Å². The minimum absolute atomic E-state index is 0.0874. The van der Waals surface area contributed by atoms with E-state index in [4.69, 9.17) is 10.8 Å². The number of nitrogens with one attached hydrogen (secondary N) is 1. The molecule has 15 heavy (non-hydrogen) atoms. The summed E-state index contributed by atoms with van der Waals surface area (Å²) in [5.41, 5.74) is 5.20. The standard InChI is InChI=1S/C9H17N3O3/c10-3-4-11-8(14)9(15)12-5-1-2-7(12)6-13/h7,13H,1-6,10H2,(H,11,14)/t7-/m1/s1. The molecule has 0 saturated carbocycles. The fraction of sp³-hybridized carbons (Fsp3) is 0.778. The van der Waals surface area contributed by atoms with Crippen LogP contribution in [0.3, 0.4) is 0 Å². The molecule has 2 amide bonds. The van der Waals surface area contributed by atoms with Crippen LogP contribution in [0, 0.1) is 0 Å². The molecular weight excluding hydrogens is 198 g/mol. The first-order valence-electron chi connectivity index (χ1n) is 5.10. The Hall–Kier alpha value is -1.14. The van der Waals surface area contributed by atoms with E-state index in [0.29, 0.717) is 19.6 Å². The van der Waals surface area contributed by atoms with Gasteiger partial charge in [0.15, 0.2) is 0 Å². The monoisotopic (exact) mass is 215 g/mol. The summed E-state index contributed by atoms with van der Waals surface area (Å²) in [6, 6.07) is -0.207. The lowest BCUT2D eigenvalue weighted by atomic mass is 10.2. The van der Waals surface area contributed by atoms with Gasteiger partial charge in [0.25, 0.3) is 0 Å². The van der Waals surface area contributed by atoms with E-state index in [9.17, 15) is 9.59 Å². The van der Waals surface area contributed by atoms with Gasteiger partial charge in [-0.15, -0.1) is 0 Å². The van der Waals surface area contributed by atoms with Crippen molar-refractivity contribution in [2.45, 2.75) is 18.9 Å². The van der Waals surface area contributed by atoms with Crippen LogP contribution in [0.25, 0.3) is 0 Å². The Balaban J connectivity index is 2.48. The van der Waals surface area contributed by atoms with Crippen molar-refractivity contribution in [3.63, 3.8) is 0 Å². The predicted octanol–water partition coefficient (Wildman–Crippen LogP) is -1.96. The van der Waals surface area contributed by atoms with Crippen LogP contribution in [0.5, 0.6) is 0 Å². The van der Waals surface area contributed by atoms with Gasteiger partial charge in [0.05, 0.1) is 12.6 Å². The third kappa shape index (κ3) is 2.90. The molecule has 0 aliphatic carbocycles. The van der Waals surface area contributed by atoms with E-state index in [2.05, 4.69) is 5.32 Å². The van der Waals surface area contributed by atoms with E-state index in [0.717, 1.165) is 12.8 Å². The minimum Gasteiger partial charge on any atom is -0.394 e. The summed E-state index contributed by atoms with van der Waals surface area (Å²) in [5.74, 6) is -1.21. The van der Waals surface area contributed by atoms with Gasteiger partial charge in [-0.3, -0.25) is 9.59 Å². The van der Waals surface area contributed by atoms with Gasteiger partial charge in [-0.05, 0) is 12.8 Å². The molecule has 6 heteroatoms. The number of likely N-dealkylation sites (tertiary alicyclic amines) is 1. The maximum Gasteiger partial charge on any atom is 0.312 e. The fourth-order valence-corrected chi connectivity index (χ4v) is 1.68. The van der Waals surface area contributed by atoms with E-state index in [-0.39, 0.29) is 12.6 Å². The number of nitrogens with zero attached hydrogens (tertiary/aromatic N) is 1. The zero-order valence-corrected chi connectivity index (χ0v) is 8.61. The molecule has 1 aliphatic rings. The van der Waals surface area contributed by atoms with Crippen molar-refractivity contribution in [3.05, 3.63) is 0 Å². The highest BCUT2D eigenvalue weighted by Gasteiger charge is 2.31. The Morgan fingerprint density at radius 1 is 1.53 bits per heavy atom. The van der Waals surface area contributed by atoms with Crippen LogP contribution in [0.4, 0.5) is 0 Å². The summed E-state index contributed by atoms with van der Waals surface area (Å²) in [4.78, 5) is 24.3. The van der Waals surface area contributed by atoms with Crippen molar-refractivity contribution >= 4 is 11.8 Å². The van der Waals surface area contributed by atoms with Crippen molar-refractivity contribution in [1.29, 1.82) is 0 Å². The van der Waals surface area contributed by atoms with E-state index in [1.165, 1.54) is 4.90 Å². The lowest BCUT2D eigenvalue weighted by Crippen LogP contribution is -2.47. The summed E-state index contributed by atoms with van der Waals surface area (Å²) >= 11 is 0. The van der Waals surface area contributed by atoms with E-state index in [1.807, 2.05) is 0 Å². The topological polar surface area (TPSA) is 95.7 Å². The molecular formula is C9H17N3O3. The number of rotatable bonds is 3. The number of carbonyl (C=O) groups excluding carboxylic acids is 2. The average molecular weight is 215 g/mol. The van der Waals surface area contributed by atoms with Gasteiger partial charge < -0.3 is 21.1 Å². The second-order valence-corrected chi connectivity index (χ2v) is 3.52. The molecule has 1 rings (SSSR count). The summed E-state index contributed by atoms with van der Waals surface area (Å²) in [7, 11) is 0. The Labute approximate surface area is 88.4 Å². The maximum absolute atomic E-state index is 11.6. The van der Waals surface area contributed by atoms with Crippen LogP contribution < -0.4 is 11.1 Å². The number of hydrogen-bond donors (Lipinski definition) is 3. The number of hydrogen-bond acceptors (Lipinski definition) is 4. The third-order valence-electron chi connectivity index (χ3n) is 2.47. The molecule has 1 heterocycles. The zero-order valence-electron chi connectivity index (χ0n) is 8.61. The Bertz CT molecular complexity index is 245. The Kier molecular flexibility index (Phi) is 4.51. The van der Waals surface area contributed by atoms with Crippen molar-refractivity contribution in [1.82, 2.24) is 10.2 Å². The number of nitrogens with two attached hydrogens (primary N) is 1. The predicted molar refractivity (Wildman–Crippen MR) is 53.9 cm³/mol. The first-order valence-corrected chi connectivity index (χ1v) is 5.10. The second kappa shape index (κ2) is 5.67. The van der Waals surface area contributed by atoms with Crippen LogP contribution >= 0.6 is 0 Å². The Morgan fingerprint density at radius 3 is 2.87 bits per heavy atom. The van der Waals surface area contributed by atoms with E-state index in [1.54, 1.807) is 0 Å². The van der Waals surface area contributed by atoms with Crippen LogP contribution in [0.1, 0.15) is 12.8 Å². The molecule has 1 saturated heterocycles. The van der Waals surface area contributed by atoms with Crippen molar-refractivity contribution in [2.75, 3.05) is 26.2 Å². The molecule has 4 N–H and O–H groups in total. The smallest absolute Gasteiger partial charge is 0.312 e. The van der Waals surface area contributed by atoms with E-state index < -0.39 is 11.8 Å². The van der Waals surface area contributed by atoms with E-state index >= 15 is 0 Å². The lowest BCUT2D eigenvalue weighted by molar-refractivity contribution is -0.146. The van der Waals surface area contributed by atoms with Crippen molar-refractivity contribution in [3.8, 4) is 0 Å². The Morgan fingerprint density at radius 2 is 2.27 bits per heavy atom. The molecule has 86 valence electrons. The maximum atomic E-state index is 11.6. The minimum atomic E-state index is -0.638. The zero-order chi connectivity index (χ0) is 11.3. The van der Waals surface area contributed by atoms with Crippen LogP contribution in [-0.2, 0) is 9.59 Å². The van der Waals surface area contributed by atoms with Gasteiger partial charge in [-0.2, -0.15) is 0 Å². The lowest BCUT2D eigenvalue weighted by Gasteiger charge is -2.22. The molecule has 1 fully saturated rings. The first kappa shape index (κ1) is 11.9. The quantitative estimate of drug-likeness (QED) is 0.476. The fourth-order valence-electron chi connectivity index (χ4n) is 1.68. The summed E-state index contributed by atoms with van der Waals surface area (Å²) < 4.78 is 0. The summed E-state index contributed by atoms with van der Waals surface area (Å²) in [6.45, 7) is 1.06. The summed E-state index contributed by atoms with van der Waals surface area (Å²) in [6.07, 6.45) is 1.59. The second-order valence-electron chi connectivity index (χ2n) is 3.52. The van der Waals surface area contributed by atoms with Gasteiger partial charge in [-0.25, -0.2) is 0 Å². The van der Waals surface area contributed by atoms with Gasteiger partial charge in [0.2, 0.25) is 0 Å². The molecule has 0 bridgehead atoms. The number of aliphatic hydroxyl groups excluding tert-OH is 1. The molecule has 0 spiro atoms. The van der Waals surface area contributed by atoms with Crippen molar-refractivity contribution < 1.29 is 14.7 Å². The van der Waals surface area contributed by atoms with Gasteiger partial charge in [-0.1, -0.05) is 0 Å². The molecule has 0 aromatic carbocycles. The molecule has 1 atom stereocenters. The highest BCUT2D eigenvalue weighted by molar-refractivity contribution is 6.35. The molecule has 0 unspecified atom stereocenters. The molecule has 0 radical (unpaired) electrons. The number of aliphatic hydroxyl groups is 1. The first-order chi connectivity index (χ1) is 7.20. The molecule has 0 aromatic rings. The normalized spacial score (nSPS) is 20.4. The SMILES string of the molecule is NCCNC(=O)C(=O)N1CCC[C@@H]1CO. The number of amides is 2. The number of carbonyl (C=O) groups is 2. The van der Waals surface area contributed by atoms with Gasteiger partial charge >= 0.3 is 11.8 Å². The van der Waals surface area contributed by atoms with Crippen LogP contribution in [-0.4, -0.2) is 54.1 Å². The van der Waals surface area contributed by atoms with Gasteiger partial charge in [0, 0.05) is 19.6 Å². The highest BCUT2D eigenvalue weighted by atomic mass is 16.3. The van der Waals surface area contributed by atoms with Crippen LogP contribution in [0.2, 0.25) is 0 Å².